The second-order valence-corrected chi connectivity index (χ2v) is 3.55. The molecule has 13 heavy (non-hydrogen) atoms. The summed E-state index contributed by atoms with van der Waals surface area (Å²) in [7, 11) is 1.69. The molecule has 1 heterocycles. The Bertz CT molecular complexity index is 322. The zero-order valence-electron chi connectivity index (χ0n) is 7.23. The lowest BCUT2D eigenvalue weighted by Gasteiger charge is -2.35. The number of nitrogens with zero attached hydrogens (tertiary/aromatic N) is 1. The minimum Gasteiger partial charge on any atom is -0.355 e. The van der Waals surface area contributed by atoms with E-state index in [4.69, 9.17) is 12.2 Å². The number of amides is 1. The van der Waals surface area contributed by atoms with Gasteiger partial charge in [-0.25, -0.2) is 0 Å². The van der Waals surface area contributed by atoms with E-state index in [0.717, 1.165) is 0 Å². The van der Waals surface area contributed by atoms with Crippen LogP contribution in [0.25, 0.3) is 0 Å². The molecule has 3 nitrogen and oxygen atoms in total. The number of hydrogen-bond donors (Lipinski definition) is 1. The van der Waals surface area contributed by atoms with Crippen molar-refractivity contribution in [2.45, 2.75) is 6.04 Å². The van der Waals surface area contributed by atoms with Crippen LogP contribution in [0.4, 0.5) is 0 Å². The molecule has 0 aromatic carbocycles. The van der Waals surface area contributed by atoms with Gasteiger partial charge in [0, 0.05) is 7.05 Å². The summed E-state index contributed by atoms with van der Waals surface area (Å²) in [6.07, 6.45) is 7.68. The van der Waals surface area contributed by atoms with Crippen molar-refractivity contribution in [2.24, 2.45) is 5.92 Å². The summed E-state index contributed by atoms with van der Waals surface area (Å²) in [5.74, 6) is -0.0314. The normalized spacial score (nSPS) is 31.6. The van der Waals surface area contributed by atoms with Crippen LogP contribution in [-0.2, 0) is 4.79 Å². The predicted molar refractivity (Wildman–Crippen MR) is 54.1 cm³/mol. The van der Waals surface area contributed by atoms with Crippen LogP contribution >= 0.6 is 12.2 Å². The van der Waals surface area contributed by atoms with E-state index < -0.39 is 0 Å². The molecular weight excluding hydrogens is 184 g/mol. The Kier molecular flexibility index (Phi) is 1.92. The van der Waals surface area contributed by atoms with Gasteiger partial charge in [0.15, 0.2) is 5.11 Å². The van der Waals surface area contributed by atoms with E-state index in [1.165, 1.54) is 4.90 Å². The van der Waals surface area contributed by atoms with E-state index in [9.17, 15) is 4.79 Å². The van der Waals surface area contributed by atoms with Crippen molar-refractivity contribution in [3.05, 3.63) is 24.3 Å². The zero-order valence-corrected chi connectivity index (χ0v) is 8.04. The predicted octanol–water partition coefficient (Wildman–Crippen LogP) is 0.444. The lowest BCUT2D eigenvalue weighted by Crippen LogP contribution is -2.57. The standard InChI is InChI=1S/C9H10N2OS/c1-11-8(12)6-4-2-3-5-7(6)10-9(11)13/h2-7H,1H3,(H,10,13). The summed E-state index contributed by atoms with van der Waals surface area (Å²) >= 11 is 5.01. The summed E-state index contributed by atoms with van der Waals surface area (Å²) in [6.45, 7) is 0. The third-order valence-electron chi connectivity index (χ3n) is 2.35. The van der Waals surface area contributed by atoms with Crippen molar-refractivity contribution in [1.29, 1.82) is 0 Å². The first kappa shape index (κ1) is 8.44. The Balaban J connectivity index is 2.29. The highest BCUT2D eigenvalue weighted by Crippen LogP contribution is 2.19. The van der Waals surface area contributed by atoms with Crippen LogP contribution in [-0.4, -0.2) is 29.0 Å². The molecule has 0 spiro atoms. The van der Waals surface area contributed by atoms with Gasteiger partial charge >= 0.3 is 0 Å². The maximum atomic E-state index is 11.7. The van der Waals surface area contributed by atoms with Crippen LogP contribution in [0, 0.1) is 5.92 Å². The van der Waals surface area contributed by atoms with Crippen molar-refractivity contribution >= 4 is 23.2 Å². The molecule has 68 valence electrons. The van der Waals surface area contributed by atoms with Crippen LogP contribution in [0.5, 0.6) is 0 Å². The van der Waals surface area contributed by atoms with E-state index in [1.54, 1.807) is 7.05 Å². The molecule has 2 aliphatic rings. The topological polar surface area (TPSA) is 32.3 Å². The van der Waals surface area contributed by atoms with E-state index in [-0.39, 0.29) is 17.9 Å². The molecule has 1 N–H and O–H groups in total. The molecule has 1 saturated heterocycles. The SMILES string of the molecule is CN1C(=O)C2C=CC=CC2NC1=S. The molecule has 0 bridgehead atoms. The molecule has 1 aliphatic carbocycles. The Morgan fingerprint density at radius 2 is 2.15 bits per heavy atom. The summed E-state index contributed by atoms with van der Waals surface area (Å²) in [4.78, 5) is 13.2. The summed E-state index contributed by atoms with van der Waals surface area (Å²) in [5.41, 5.74) is 0. The Labute approximate surface area is 82.1 Å². The Hall–Kier alpha value is -1.16. The largest absolute Gasteiger partial charge is 0.355 e. The van der Waals surface area contributed by atoms with Gasteiger partial charge in [0.05, 0.1) is 12.0 Å². The first-order valence-corrected chi connectivity index (χ1v) is 4.54. The second kappa shape index (κ2) is 2.96. The fraction of sp³-hybridized carbons (Fsp3) is 0.333. The molecule has 1 aliphatic heterocycles. The number of fused-ring (bicyclic) bond motifs is 1. The number of allylic oxidation sites excluding steroid dienone is 2. The summed E-state index contributed by atoms with van der Waals surface area (Å²) < 4.78 is 0. The maximum absolute atomic E-state index is 11.7. The highest BCUT2D eigenvalue weighted by molar-refractivity contribution is 7.80. The van der Waals surface area contributed by atoms with Crippen LogP contribution in [0.1, 0.15) is 0 Å². The van der Waals surface area contributed by atoms with Gasteiger partial charge in [0.2, 0.25) is 5.91 Å². The highest BCUT2D eigenvalue weighted by atomic mass is 32.1. The van der Waals surface area contributed by atoms with Crippen LogP contribution in [0.3, 0.4) is 0 Å². The fourth-order valence-electron chi connectivity index (χ4n) is 1.54. The van der Waals surface area contributed by atoms with Gasteiger partial charge in [-0.2, -0.15) is 0 Å². The van der Waals surface area contributed by atoms with Gasteiger partial charge in [0.25, 0.3) is 0 Å². The van der Waals surface area contributed by atoms with Crippen LogP contribution in [0.2, 0.25) is 0 Å². The van der Waals surface area contributed by atoms with Crippen LogP contribution < -0.4 is 5.32 Å². The quantitative estimate of drug-likeness (QED) is 0.568. The molecule has 0 aromatic rings. The lowest BCUT2D eigenvalue weighted by molar-refractivity contribution is -0.130. The number of carbonyl (C=O) groups is 1. The average Bonchev–Trinajstić information content (AvgIpc) is 2.15. The van der Waals surface area contributed by atoms with Crippen molar-refractivity contribution in [3.8, 4) is 0 Å². The molecule has 2 rings (SSSR count). The molecular formula is C9H10N2OS. The Morgan fingerprint density at radius 3 is 2.92 bits per heavy atom. The molecule has 2 atom stereocenters. The molecule has 1 fully saturated rings. The molecule has 1 amide bonds. The minimum atomic E-state index is -0.0956. The average molecular weight is 194 g/mol. The fourth-order valence-corrected chi connectivity index (χ4v) is 1.77. The van der Waals surface area contributed by atoms with Gasteiger partial charge < -0.3 is 5.32 Å². The highest BCUT2D eigenvalue weighted by Gasteiger charge is 2.34. The van der Waals surface area contributed by atoms with Crippen molar-refractivity contribution in [1.82, 2.24) is 10.2 Å². The van der Waals surface area contributed by atoms with E-state index in [0.29, 0.717) is 5.11 Å². The van der Waals surface area contributed by atoms with Gasteiger partial charge in [-0.05, 0) is 12.2 Å². The monoisotopic (exact) mass is 194 g/mol. The zero-order chi connectivity index (χ0) is 9.42. The first-order valence-electron chi connectivity index (χ1n) is 4.13. The molecule has 0 aromatic heterocycles. The number of hydrogen-bond acceptors (Lipinski definition) is 2. The lowest BCUT2D eigenvalue weighted by atomic mass is 9.92. The van der Waals surface area contributed by atoms with Gasteiger partial charge in [-0.1, -0.05) is 24.3 Å². The van der Waals surface area contributed by atoms with E-state index >= 15 is 0 Å². The number of carbonyl (C=O) groups excluding carboxylic acids is 1. The maximum Gasteiger partial charge on any atom is 0.237 e. The van der Waals surface area contributed by atoms with Gasteiger partial charge in [-0.15, -0.1) is 0 Å². The third kappa shape index (κ3) is 1.27. The van der Waals surface area contributed by atoms with Crippen molar-refractivity contribution in [3.63, 3.8) is 0 Å². The first-order chi connectivity index (χ1) is 6.20. The van der Waals surface area contributed by atoms with Crippen LogP contribution in [0.15, 0.2) is 24.3 Å². The molecule has 2 unspecified atom stereocenters. The third-order valence-corrected chi connectivity index (χ3v) is 2.74. The number of nitrogens with one attached hydrogen (secondary N) is 1. The summed E-state index contributed by atoms with van der Waals surface area (Å²) in [6, 6.07) is 0.0428. The molecule has 4 heteroatoms. The molecule has 0 saturated carbocycles. The number of rotatable bonds is 0. The second-order valence-electron chi connectivity index (χ2n) is 3.17. The minimum absolute atomic E-state index is 0.0428. The number of thiocarbonyl (C=S) groups is 1. The van der Waals surface area contributed by atoms with Gasteiger partial charge in [-0.3, -0.25) is 9.69 Å². The van der Waals surface area contributed by atoms with Crippen molar-refractivity contribution < 1.29 is 4.79 Å². The smallest absolute Gasteiger partial charge is 0.237 e. The van der Waals surface area contributed by atoms with E-state index in [2.05, 4.69) is 5.32 Å². The van der Waals surface area contributed by atoms with Gasteiger partial charge in [0.1, 0.15) is 0 Å². The molecule has 0 radical (unpaired) electrons. The van der Waals surface area contributed by atoms with Crippen molar-refractivity contribution in [2.75, 3.05) is 7.05 Å². The van der Waals surface area contributed by atoms with E-state index in [1.807, 2.05) is 24.3 Å². The summed E-state index contributed by atoms with van der Waals surface area (Å²) in [5, 5.41) is 3.60. The Morgan fingerprint density at radius 1 is 1.46 bits per heavy atom.